The van der Waals surface area contributed by atoms with E-state index in [1.165, 1.54) is 0 Å². The molecule has 1 fully saturated rings. The lowest BCUT2D eigenvalue weighted by atomic mass is 9.89. The van der Waals surface area contributed by atoms with Crippen molar-refractivity contribution in [2.75, 3.05) is 19.7 Å². The summed E-state index contributed by atoms with van der Waals surface area (Å²) < 4.78 is 5.69. The van der Waals surface area contributed by atoms with Crippen molar-refractivity contribution < 1.29 is 24.2 Å². The zero-order valence-corrected chi connectivity index (χ0v) is 19.8. The molecule has 0 bridgehead atoms. The van der Waals surface area contributed by atoms with Gasteiger partial charge in [0.1, 0.15) is 12.1 Å². The number of aliphatic carboxylic acids is 1. The topological polar surface area (TPSA) is 95.9 Å². The summed E-state index contributed by atoms with van der Waals surface area (Å²) in [4.78, 5) is 39.2. The summed E-state index contributed by atoms with van der Waals surface area (Å²) in [7, 11) is 0. The molecule has 1 heterocycles. The standard InChI is InChI=1S/C27H32N2O5/c1-3-27(4-2,25(32)29-15-13-18(14-16-29)24(30)31)28-26(33)34-17-23-21-11-7-5-9-19(21)20-10-6-8-12-22(20)23/h5-12,18,23H,3-4,13-17H2,1-2H3,(H,28,33)(H,30,31). The van der Waals surface area contributed by atoms with E-state index in [0.29, 0.717) is 38.8 Å². The van der Waals surface area contributed by atoms with Gasteiger partial charge in [0.15, 0.2) is 0 Å². The third-order valence-electron chi connectivity index (χ3n) is 7.43. The van der Waals surface area contributed by atoms with Crippen LogP contribution in [0, 0.1) is 5.92 Å². The van der Waals surface area contributed by atoms with Gasteiger partial charge in [-0.15, -0.1) is 0 Å². The molecule has 0 aromatic heterocycles. The van der Waals surface area contributed by atoms with Crippen LogP contribution < -0.4 is 5.32 Å². The normalized spacial score (nSPS) is 16.0. The first kappa shape index (κ1) is 23.8. The number of carbonyl (C=O) groups is 3. The molecular formula is C27H32N2O5. The first-order chi connectivity index (χ1) is 16.4. The molecule has 0 unspecified atom stereocenters. The number of benzene rings is 2. The molecular weight excluding hydrogens is 432 g/mol. The molecule has 0 saturated carbocycles. The predicted octanol–water partition coefficient (Wildman–Crippen LogP) is 4.41. The Morgan fingerprint density at radius 2 is 1.50 bits per heavy atom. The average molecular weight is 465 g/mol. The van der Waals surface area contributed by atoms with E-state index < -0.39 is 23.5 Å². The zero-order valence-electron chi connectivity index (χ0n) is 19.8. The fraction of sp³-hybridized carbons (Fsp3) is 0.444. The first-order valence-electron chi connectivity index (χ1n) is 12.1. The van der Waals surface area contributed by atoms with Crippen LogP contribution in [-0.4, -0.2) is 53.2 Å². The molecule has 0 spiro atoms. The van der Waals surface area contributed by atoms with E-state index in [9.17, 15) is 19.5 Å². The number of fused-ring (bicyclic) bond motifs is 3. The molecule has 180 valence electrons. The van der Waals surface area contributed by atoms with E-state index in [-0.39, 0.29) is 18.4 Å². The van der Waals surface area contributed by atoms with Gasteiger partial charge in [-0.1, -0.05) is 62.4 Å². The summed E-state index contributed by atoms with van der Waals surface area (Å²) in [5, 5.41) is 12.1. The highest BCUT2D eigenvalue weighted by Crippen LogP contribution is 2.44. The summed E-state index contributed by atoms with van der Waals surface area (Å²) in [6.45, 7) is 4.68. The minimum atomic E-state index is -1.07. The number of ether oxygens (including phenoxy) is 1. The lowest BCUT2D eigenvalue weighted by molar-refractivity contribution is -0.147. The second kappa shape index (κ2) is 9.87. The Bertz CT molecular complexity index is 1020. The number of rotatable bonds is 7. The second-order valence-corrected chi connectivity index (χ2v) is 9.14. The number of carboxylic acids is 1. The van der Waals surface area contributed by atoms with E-state index in [1.54, 1.807) is 4.90 Å². The Hall–Kier alpha value is -3.35. The van der Waals surface area contributed by atoms with Crippen molar-refractivity contribution in [1.82, 2.24) is 10.2 Å². The van der Waals surface area contributed by atoms with E-state index in [4.69, 9.17) is 4.74 Å². The molecule has 1 saturated heterocycles. The molecule has 7 heteroatoms. The number of carboxylic acid groups (broad SMARTS) is 1. The van der Waals surface area contributed by atoms with Crippen LogP contribution in [0.5, 0.6) is 0 Å². The molecule has 4 rings (SSSR count). The second-order valence-electron chi connectivity index (χ2n) is 9.14. The highest BCUT2D eigenvalue weighted by atomic mass is 16.5. The number of amides is 2. The van der Waals surface area contributed by atoms with Gasteiger partial charge >= 0.3 is 12.1 Å². The summed E-state index contributed by atoms with van der Waals surface area (Å²) in [5.41, 5.74) is 3.50. The maximum Gasteiger partial charge on any atom is 0.408 e. The van der Waals surface area contributed by atoms with Crippen LogP contribution >= 0.6 is 0 Å². The molecule has 1 aliphatic heterocycles. The molecule has 2 N–H and O–H groups in total. The summed E-state index contributed by atoms with van der Waals surface area (Å²) in [5.74, 6) is -1.46. The fourth-order valence-electron chi connectivity index (χ4n) is 5.24. The van der Waals surface area contributed by atoms with E-state index in [0.717, 1.165) is 22.3 Å². The number of piperidine rings is 1. The predicted molar refractivity (Wildman–Crippen MR) is 128 cm³/mol. The number of alkyl carbamates (subject to hydrolysis) is 1. The van der Waals surface area contributed by atoms with Crippen molar-refractivity contribution in [1.29, 1.82) is 0 Å². The lowest BCUT2D eigenvalue weighted by Gasteiger charge is -2.39. The van der Waals surface area contributed by atoms with Gasteiger partial charge in [0, 0.05) is 19.0 Å². The smallest absolute Gasteiger partial charge is 0.408 e. The van der Waals surface area contributed by atoms with Crippen molar-refractivity contribution in [3.8, 4) is 11.1 Å². The SMILES string of the molecule is CCC(CC)(NC(=O)OCC1c2ccccc2-c2ccccc21)C(=O)N1CCC(C(=O)O)CC1. The molecule has 1 aliphatic carbocycles. The van der Waals surface area contributed by atoms with Crippen LogP contribution in [0.25, 0.3) is 11.1 Å². The third-order valence-corrected chi connectivity index (χ3v) is 7.43. The highest BCUT2D eigenvalue weighted by molar-refractivity contribution is 5.90. The summed E-state index contributed by atoms with van der Waals surface area (Å²) in [6.07, 6.45) is 1.08. The minimum absolute atomic E-state index is 0.0541. The molecule has 34 heavy (non-hydrogen) atoms. The lowest BCUT2D eigenvalue weighted by Crippen LogP contribution is -2.60. The number of nitrogens with zero attached hydrogens (tertiary/aromatic N) is 1. The van der Waals surface area contributed by atoms with Gasteiger partial charge < -0.3 is 20.1 Å². The maximum absolute atomic E-state index is 13.4. The Morgan fingerprint density at radius 1 is 0.971 bits per heavy atom. The Kier molecular flexibility index (Phi) is 6.91. The molecule has 2 amide bonds. The van der Waals surface area contributed by atoms with E-state index in [1.807, 2.05) is 38.1 Å². The Balaban J connectivity index is 1.43. The third kappa shape index (κ3) is 4.39. The van der Waals surface area contributed by atoms with Gasteiger partial charge in [0.25, 0.3) is 0 Å². The van der Waals surface area contributed by atoms with Gasteiger partial charge in [-0.05, 0) is 47.9 Å². The Morgan fingerprint density at radius 3 is 2.00 bits per heavy atom. The summed E-state index contributed by atoms with van der Waals surface area (Å²) >= 11 is 0. The molecule has 2 aliphatic rings. The van der Waals surface area contributed by atoms with Crippen LogP contribution in [0.2, 0.25) is 0 Å². The van der Waals surface area contributed by atoms with Gasteiger partial charge in [-0.3, -0.25) is 9.59 Å². The largest absolute Gasteiger partial charge is 0.481 e. The van der Waals surface area contributed by atoms with E-state index >= 15 is 0 Å². The average Bonchev–Trinajstić information content (AvgIpc) is 3.19. The van der Waals surface area contributed by atoms with Gasteiger partial charge in [-0.2, -0.15) is 0 Å². The van der Waals surface area contributed by atoms with Crippen molar-refractivity contribution in [3.05, 3.63) is 59.7 Å². The molecule has 0 radical (unpaired) electrons. The number of carbonyl (C=O) groups excluding carboxylic acids is 2. The highest BCUT2D eigenvalue weighted by Gasteiger charge is 2.42. The van der Waals surface area contributed by atoms with Crippen LogP contribution in [0.3, 0.4) is 0 Å². The van der Waals surface area contributed by atoms with E-state index in [2.05, 4.69) is 29.6 Å². The number of hydrogen-bond acceptors (Lipinski definition) is 4. The van der Waals surface area contributed by atoms with Gasteiger partial charge in [0.05, 0.1) is 5.92 Å². The van der Waals surface area contributed by atoms with Crippen LogP contribution in [-0.2, 0) is 14.3 Å². The van der Waals surface area contributed by atoms with Crippen LogP contribution in [0.1, 0.15) is 56.6 Å². The molecule has 0 atom stereocenters. The van der Waals surface area contributed by atoms with Crippen molar-refractivity contribution in [2.45, 2.75) is 51.0 Å². The molecule has 7 nitrogen and oxygen atoms in total. The van der Waals surface area contributed by atoms with Gasteiger partial charge in [0.2, 0.25) is 5.91 Å². The minimum Gasteiger partial charge on any atom is -0.481 e. The number of nitrogens with one attached hydrogen (secondary N) is 1. The molecule has 2 aromatic rings. The van der Waals surface area contributed by atoms with Crippen molar-refractivity contribution in [3.63, 3.8) is 0 Å². The van der Waals surface area contributed by atoms with Crippen LogP contribution in [0.4, 0.5) is 4.79 Å². The Labute approximate surface area is 200 Å². The zero-order chi connectivity index (χ0) is 24.3. The fourth-order valence-corrected chi connectivity index (χ4v) is 5.24. The molecule has 2 aromatic carbocycles. The van der Waals surface area contributed by atoms with Crippen LogP contribution in [0.15, 0.2) is 48.5 Å². The van der Waals surface area contributed by atoms with Crippen molar-refractivity contribution in [2.24, 2.45) is 5.92 Å². The summed E-state index contributed by atoms with van der Waals surface area (Å²) in [6, 6.07) is 16.3. The number of likely N-dealkylation sites (tertiary alicyclic amines) is 1. The first-order valence-corrected chi connectivity index (χ1v) is 12.1. The van der Waals surface area contributed by atoms with Gasteiger partial charge in [-0.25, -0.2) is 4.79 Å². The monoisotopic (exact) mass is 464 g/mol. The van der Waals surface area contributed by atoms with Crippen molar-refractivity contribution >= 4 is 18.0 Å². The number of hydrogen-bond donors (Lipinski definition) is 2. The quantitative estimate of drug-likeness (QED) is 0.633. The maximum atomic E-state index is 13.4.